The van der Waals surface area contributed by atoms with Crippen LogP contribution in [0.15, 0.2) is 12.1 Å². The summed E-state index contributed by atoms with van der Waals surface area (Å²) in [6, 6.07) is 4.74. The highest BCUT2D eigenvalue weighted by Crippen LogP contribution is 2.38. The van der Waals surface area contributed by atoms with Crippen molar-refractivity contribution < 1.29 is 0 Å². The minimum atomic E-state index is 0.580. The van der Waals surface area contributed by atoms with Crippen LogP contribution >= 0.6 is 0 Å². The van der Waals surface area contributed by atoms with E-state index < -0.39 is 0 Å². The Bertz CT molecular complexity index is 582. The summed E-state index contributed by atoms with van der Waals surface area (Å²) in [5, 5.41) is 13.2. The first-order chi connectivity index (χ1) is 8.83. The van der Waals surface area contributed by atoms with Crippen LogP contribution in [0.4, 0.5) is 5.82 Å². The maximum Gasteiger partial charge on any atom is 0.178 e. The Kier molecular flexibility index (Phi) is 2.10. The summed E-state index contributed by atoms with van der Waals surface area (Å²) in [4.78, 5) is 2.29. The molecule has 0 N–H and O–H groups in total. The molecule has 2 aliphatic carbocycles. The molecule has 94 valence electrons. The van der Waals surface area contributed by atoms with E-state index in [1.165, 1.54) is 32.1 Å². The van der Waals surface area contributed by atoms with Crippen LogP contribution in [0.5, 0.6) is 0 Å². The fraction of sp³-hybridized carbons (Fsp3) is 0.615. The molecule has 4 rings (SSSR count). The zero-order valence-corrected chi connectivity index (χ0v) is 10.6. The van der Waals surface area contributed by atoms with Crippen LogP contribution in [-0.2, 0) is 0 Å². The Balaban J connectivity index is 1.74. The molecule has 2 fully saturated rings. The third-order valence-corrected chi connectivity index (χ3v) is 4.20. The highest BCUT2D eigenvalue weighted by atomic mass is 15.4. The van der Waals surface area contributed by atoms with E-state index in [-0.39, 0.29) is 0 Å². The molecule has 0 spiro atoms. The van der Waals surface area contributed by atoms with E-state index >= 15 is 0 Å². The SMILES string of the molecule is CN(c1ccc2nnc(C3CC3)n2n1)C1CCC1. The van der Waals surface area contributed by atoms with Crippen LogP contribution in [-0.4, -0.2) is 32.9 Å². The van der Waals surface area contributed by atoms with E-state index in [0.717, 1.165) is 17.3 Å². The van der Waals surface area contributed by atoms with Crippen LogP contribution in [0.1, 0.15) is 43.8 Å². The molecule has 2 saturated carbocycles. The van der Waals surface area contributed by atoms with Crippen LogP contribution in [0.25, 0.3) is 5.65 Å². The summed E-state index contributed by atoms with van der Waals surface area (Å²) >= 11 is 0. The maximum absolute atomic E-state index is 4.72. The zero-order chi connectivity index (χ0) is 12.1. The van der Waals surface area contributed by atoms with Crippen molar-refractivity contribution in [1.82, 2.24) is 19.8 Å². The molecule has 2 heterocycles. The molecule has 18 heavy (non-hydrogen) atoms. The molecule has 2 aliphatic rings. The average molecular weight is 243 g/mol. The molecule has 0 aliphatic heterocycles. The first kappa shape index (κ1) is 10.3. The fourth-order valence-corrected chi connectivity index (χ4v) is 2.54. The van der Waals surface area contributed by atoms with E-state index in [4.69, 9.17) is 5.10 Å². The topological polar surface area (TPSA) is 46.3 Å². The van der Waals surface area contributed by atoms with Gasteiger partial charge in [0.2, 0.25) is 0 Å². The number of nitrogens with zero attached hydrogens (tertiary/aromatic N) is 5. The van der Waals surface area contributed by atoms with E-state index in [1.807, 2.05) is 10.6 Å². The van der Waals surface area contributed by atoms with Gasteiger partial charge in [0.05, 0.1) is 0 Å². The van der Waals surface area contributed by atoms with Crippen molar-refractivity contribution in [1.29, 1.82) is 0 Å². The summed E-state index contributed by atoms with van der Waals surface area (Å²) in [5.41, 5.74) is 0.864. The van der Waals surface area contributed by atoms with Crippen molar-refractivity contribution in [2.75, 3.05) is 11.9 Å². The van der Waals surface area contributed by atoms with Gasteiger partial charge in [0.15, 0.2) is 11.5 Å². The molecular weight excluding hydrogens is 226 g/mol. The molecule has 0 bridgehead atoms. The van der Waals surface area contributed by atoms with Crippen molar-refractivity contribution in [2.24, 2.45) is 0 Å². The summed E-state index contributed by atoms with van der Waals surface area (Å²) in [5.74, 6) is 2.65. The second-order valence-electron chi connectivity index (χ2n) is 5.49. The van der Waals surface area contributed by atoms with E-state index in [1.54, 1.807) is 0 Å². The monoisotopic (exact) mass is 243 g/mol. The average Bonchev–Trinajstić information content (AvgIpc) is 3.06. The largest absolute Gasteiger partial charge is 0.355 e. The lowest BCUT2D eigenvalue weighted by atomic mass is 9.92. The first-order valence-corrected chi connectivity index (χ1v) is 6.78. The minimum absolute atomic E-state index is 0.580. The number of rotatable bonds is 3. The van der Waals surface area contributed by atoms with Gasteiger partial charge in [0.1, 0.15) is 5.82 Å². The molecule has 5 nitrogen and oxygen atoms in total. The summed E-state index contributed by atoms with van der Waals surface area (Å²) < 4.78 is 1.93. The molecule has 0 atom stereocenters. The molecular formula is C13H17N5. The predicted octanol–water partition coefficient (Wildman–Crippen LogP) is 1.99. The molecule has 2 aromatic heterocycles. The number of hydrogen-bond donors (Lipinski definition) is 0. The standard InChI is InChI=1S/C13H17N5/c1-17(10-3-2-4-10)12-8-7-11-14-15-13(9-5-6-9)18(11)16-12/h7-10H,2-6H2,1H3. The first-order valence-electron chi connectivity index (χ1n) is 6.78. The summed E-state index contributed by atoms with van der Waals surface area (Å²) in [7, 11) is 2.14. The third-order valence-electron chi connectivity index (χ3n) is 4.20. The Morgan fingerprint density at radius 3 is 2.67 bits per heavy atom. The third kappa shape index (κ3) is 1.50. The Labute approximate surface area is 106 Å². The lowest BCUT2D eigenvalue weighted by molar-refractivity contribution is 0.398. The predicted molar refractivity (Wildman–Crippen MR) is 68.8 cm³/mol. The van der Waals surface area contributed by atoms with Gasteiger partial charge in [-0.3, -0.25) is 0 Å². The summed E-state index contributed by atoms with van der Waals surface area (Å²) in [6.45, 7) is 0. The van der Waals surface area contributed by atoms with E-state index in [9.17, 15) is 0 Å². The van der Waals surface area contributed by atoms with Crippen molar-refractivity contribution >= 4 is 11.5 Å². The molecule has 0 aromatic carbocycles. The molecule has 2 aromatic rings. The van der Waals surface area contributed by atoms with Crippen LogP contribution in [0.3, 0.4) is 0 Å². The maximum atomic E-state index is 4.72. The quantitative estimate of drug-likeness (QED) is 0.827. The fourth-order valence-electron chi connectivity index (χ4n) is 2.54. The van der Waals surface area contributed by atoms with Crippen molar-refractivity contribution in [3.63, 3.8) is 0 Å². The smallest absolute Gasteiger partial charge is 0.178 e. The lowest BCUT2D eigenvalue weighted by Gasteiger charge is -2.35. The second-order valence-corrected chi connectivity index (χ2v) is 5.49. The molecule has 0 saturated heterocycles. The van der Waals surface area contributed by atoms with Gasteiger partial charge in [-0.25, -0.2) is 0 Å². The van der Waals surface area contributed by atoms with Gasteiger partial charge in [-0.1, -0.05) is 0 Å². The van der Waals surface area contributed by atoms with Crippen molar-refractivity contribution in [3.05, 3.63) is 18.0 Å². The second kappa shape index (κ2) is 3.67. The number of aromatic nitrogens is 4. The Morgan fingerprint density at radius 1 is 1.17 bits per heavy atom. The van der Waals surface area contributed by atoms with Gasteiger partial charge in [0, 0.05) is 19.0 Å². The summed E-state index contributed by atoms with van der Waals surface area (Å²) in [6.07, 6.45) is 6.37. The molecule has 5 heteroatoms. The highest BCUT2D eigenvalue weighted by molar-refractivity contribution is 5.46. The van der Waals surface area contributed by atoms with Gasteiger partial charge in [-0.2, -0.15) is 4.52 Å². The van der Waals surface area contributed by atoms with Gasteiger partial charge in [0.25, 0.3) is 0 Å². The van der Waals surface area contributed by atoms with E-state index in [2.05, 4.69) is 28.2 Å². The highest BCUT2D eigenvalue weighted by Gasteiger charge is 2.30. The van der Waals surface area contributed by atoms with Crippen LogP contribution in [0, 0.1) is 0 Å². The van der Waals surface area contributed by atoms with E-state index in [0.29, 0.717) is 12.0 Å². The van der Waals surface area contributed by atoms with Crippen molar-refractivity contribution in [3.8, 4) is 0 Å². The Morgan fingerprint density at radius 2 is 2.00 bits per heavy atom. The number of anilines is 1. The van der Waals surface area contributed by atoms with Crippen molar-refractivity contribution in [2.45, 2.75) is 44.1 Å². The number of hydrogen-bond acceptors (Lipinski definition) is 4. The lowest BCUT2D eigenvalue weighted by Crippen LogP contribution is -2.37. The van der Waals surface area contributed by atoms with Crippen LogP contribution < -0.4 is 4.90 Å². The zero-order valence-electron chi connectivity index (χ0n) is 10.6. The van der Waals surface area contributed by atoms with Gasteiger partial charge < -0.3 is 4.90 Å². The van der Waals surface area contributed by atoms with Gasteiger partial charge in [-0.05, 0) is 44.2 Å². The van der Waals surface area contributed by atoms with Gasteiger partial charge >= 0.3 is 0 Å². The number of fused-ring (bicyclic) bond motifs is 1. The molecule has 0 amide bonds. The van der Waals surface area contributed by atoms with Gasteiger partial charge in [-0.15, -0.1) is 15.3 Å². The minimum Gasteiger partial charge on any atom is -0.355 e. The molecule has 0 radical (unpaired) electrons. The van der Waals surface area contributed by atoms with Crippen LogP contribution in [0.2, 0.25) is 0 Å². The Hall–Kier alpha value is -1.65. The normalized spacial score (nSPS) is 20.1. The molecule has 0 unspecified atom stereocenters.